The van der Waals surface area contributed by atoms with Crippen LogP contribution in [0.2, 0.25) is 0 Å². The SMILES string of the molecule is CCCN(CC(=O)OCC)S(=O)(=O)c1cc(S(C)(=O)=O)ccc1Br. The standard InChI is InChI=1S/C14H20BrNO6S2/c1-4-8-16(10-14(17)22-5-2)24(20,21)13-9-11(23(3,18)19)6-7-12(13)15/h6-7,9H,4-5,8,10H2,1-3H3. The van der Waals surface area contributed by atoms with Crippen molar-refractivity contribution in [2.45, 2.75) is 30.1 Å². The molecule has 0 atom stereocenters. The van der Waals surface area contributed by atoms with Crippen molar-refractivity contribution < 1.29 is 26.4 Å². The van der Waals surface area contributed by atoms with Crippen LogP contribution >= 0.6 is 15.9 Å². The summed E-state index contributed by atoms with van der Waals surface area (Å²) in [7, 11) is -7.64. The van der Waals surface area contributed by atoms with Gasteiger partial charge in [-0.3, -0.25) is 4.79 Å². The highest BCUT2D eigenvalue weighted by Gasteiger charge is 2.29. The number of halogens is 1. The first-order valence-electron chi connectivity index (χ1n) is 7.19. The zero-order chi connectivity index (χ0) is 18.5. The molecular formula is C14H20BrNO6S2. The Bertz CT molecular complexity index is 805. The molecule has 0 unspecified atom stereocenters. The van der Waals surface area contributed by atoms with Crippen molar-refractivity contribution in [1.29, 1.82) is 0 Å². The number of hydrogen-bond donors (Lipinski definition) is 0. The lowest BCUT2D eigenvalue weighted by Gasteiger charge is -2.21. The lowest BCUT2D eigenvalue weighted by Crippen LogP contribution is -2.37. The molecule has 0 aromatic heterocycles. The Labute approximate surface area is 151 Å². The Morgan fingerprint density at radius 2 is 1.83 bits per heavy atom. The first-order chi connectivity index (χ1) is 11.0. The van der Waals surface area contributed by atoms with Crippen LogP contribution in [0.1, 0.15) is 20.3 Å². The number of benzene rings is 1. The minimum Gasteiger partial charge on any atom is -0.465 e. The molecule has 0 aliphatic rings. The summed E-state index contributed by atoms with van der Waals surface area (Å²) >= 11 is 3.13. The van der Waals surface area contributed by atoms with Crippen molar-refractivity contribution in [3.05, 3.63) is 22.7 Å². The molecule has 1 aromatic carbocycles. The lowest BCUT2D eigenvalue weighted by molar-refractivity contribution is -0.143. The van der Waals surface area contributed by atoms with Crippen LogP contribution in [0.25, 0.3) is 0 Å². The zero-order valence-corrected chi connectivity index (χ0v) is 16.9. The van der Waals surface area contributed by atoms with E-state index in [4.69, 9.17) is 4.74 Å². The zero-order valence-electron chi connectivity index (χ0n) is 13.7. The smallest absolute Gasteiger partial charge is 0.321 e. The molecule has 136 valence electrons. The highest BCUT2D eigenvalue weighted by Crippen LogP contribution is 2.28. The molecule has 1 rings (SSSR count). The summed E-state index contributed by atoms with van der Waals surface area (Å²) in [4.78, 5) is 11.4. The van der Waals surface area contributed by atoms with Gasteiger partial charge in [0.25, 0.3) is 0 Å². The maximum atomic E-state index is 12.9. The van der Waals surface area contributed by atoms with Crippen molar-refractivity contribution in [2.75, 3.05) is 26.0 Å². The number of carbonyl (C=O) groups excluding carboxylic acids is 1. The second-order valence-corrected chi connectivity index (χ2v) is 9.78. The molecule has 0 N–H and O–H groups in total. The van der Waals surface area contributed by atoms with Gasteiger partial charge < -0.3 is 4.74 Å². The normalized spacial score (nSPS) is 12.4. The summed E-state index contributed by atoms with van der Waals surface area (Å²) in [5, 5.41) is 0. The van der Waals surface area contributed by atoms with Crippen molar-refractivity contribution in [2.24, 2.45) is 0 Å². The van der Waals surface area contributed by atoms with E-state index >= 15 is 0 Å². The van der Waals surface area contributed by atoms with Gasteiger partial charge in [-0.15, -0.1) is 0 Å². The lowest BCUT2D eigenvalue weighted by atomic mass is 10.4. The molecule has 7 nitrogen and oxygen atoms in total. The first kappa shape index (κ1) is 21.1. The molecule has 0 heterocycles. The summed E-state index contributed by atoms with van der Waals surface area (Å²) in [6, 6.07) is 3.76. The van der Waals surface area contributed by atoms with Crippen LogP contribution in [0.15, 0.2) is 32.5 Å². The van der Waals surface area contributed by atoms with Gasteiger partial charge in [-0.25, -0.2) is 16.8 Å². The number of sulfonamides is 1. The minimum atomic E-state index is -4.07. The van der Waals surface area contributed by atoms with Crippen LogP contribution in [-0.4, -0.2) is 53.1 Å². The monoisotopic (exact) mass is 441 g/mol. The predicted octanol–water partition coefficient (Wildman–Crippen LogP) is 1.82. The number of rotatable bonds is 8. The van der Waals surface area contributed by atoms with Crippen molar-refractivity contribution in [1.82, 2.24) is 4.31 Å². The Balaban J connectivity index is 3.36. The van der Waals surface area contributed by atoms with Gasteiger partial charge in [0, 0.05) is 17.3 Å². The molecule has 0 radical (unpaired) electrons. The minimum absolute atomic E-state index is 0.108. The fraction of sp³-hybridized carbons (Fsp3) is 0.500. The highest BCUT2D eigenvalue weighted by atomic mass is 79.9. The maximum absolute atomic E-state index is 12.9. The van der Waals surface area contributed by atoms with Crippen LogP contribution in [-0.2, 0) is 29.4 Å². The molecule has 24 heavy (non-hydrogen) atoms. The third-order valence-corrected chi connectivity index (χ3v) is 6.98. The average molecular weight is 442 g/mol. The van der Waals surface area contributed by atoms with Gasteiger partial charge >= 0.3 is 5.97 Å². The fourth-order valence-electron chi connectivity index (χ4n) is 1.94. The average Bonchev–Trinajstić information content (AvgIpc) is 2.46. The van der Waals surface area contributed by atoms with Crippen LogP contribution in [0, 0.1) is 0 Å². The van der Waals surface area contributed by atoms with E-state index in [9.17, 15) is 21.6 Å². The van der Waals surface area contributed by atoms with Crippen LogP contribution in [0.3, 0.4) is 0 Å². The van der Waals surface area contributed by atoms with Gasteiger partial charge in [0.15, 0.2) is 9.84 Å². The molecule has 0 saturated heterocycles. The van der Waals surface area contributed by atoms with Gasteiger partial charge in [-0.2, -0.15) is 4.31 Å². The summed E-state index contributed by atoms with van der Waals surface area (Å²) < 4.78 is 55.1. The van der Waals surface area contributed by atoms with E-state index in [1.807, 2.05) is 0 Å². The number of sulfone groups is 1. The number of ether oxygens (including phenoxy) is 1. The van der Waals surface area contributed by atoms with E-state index in [1.54, 1.807) is 13.8 Å². The Kier molecular flexibility index (Phi) is 7.39. The van der Waals surface area contributed by atoms with E-state index < -0.39 is 32.4 Å². The van der Waals surface area contributed by atoms with Crippen molar-refractivity contribution in [3.63, 3.8) is 0 Å². The third kappa shape index (κ3) is 5.27. The van der Waals surface area contributed by atoms with Crippen molar-refractivity contribution >= 4 is 41.8 Å². The van der Waals surface area contributed by atoms with Gasteiger partial charge in [-0.05, 0) is 47.5 Å². The molecular weight excluding hydrogens is 422 g/mol. The van der Waals surface area contributed by atoms with E-state index in [2.05, 4.69) is 15.9 Å². The molecule has 0 bridgehead atoms. The Hall–Kier alpha value is -0.970. The molecule has 10 heteroatoms. The van der Waals surface area contributed by atoms with E-state index in [0.717, 1.165) is 16.6 Å². The van der Waals surface area contributed by atoms with Crippen LogP contribution < -0.4 is 0 Å². The topological polar surface area (TPSA) is 97.8 Å². The second-order valence-electron chi connectivity index (χ2n) is 5.01. The van der Waals surface area contributed by atoms with Gasteiger partial charge in [0.1, 0.15) is 6.54 Å². The second kappa shape index (κ2) is 8.41. The van der Waals surface area contributed by atoms with Crippen molar-refractivity contribution in [3.8, 4) is 0 Å². The number of esters is 1. The van der Waals surface area contributed by atoms with E-state index in [1.165, 1.54) is 12.1 Å². The molecule has 0 aliphatic heterocycles. The number of hydrogen-bond acceptors (Lipinski definition) is 6. The van der Waals surface area contributed by atoms with Gasteiger partial charge in [0.05, 0.1) is 16.4 Å². The summed E-state index contributed by atoms with van der Waals surface area (Å²) in [5.74, 6) is -0.662. The first-order valence-corrected chi connectivity index (χ1v) is 11.3. The van der Waals surface area contributed by atoms with Gasteiger partial charge in [-0.1, -0.05) is 6.92 Å². The fourth-order valence-corrected chi connectivity index (χ4v) is 5.08. The molecule has 0 aliphatic carbocycles. The maximum Gasteiger partial charge on any atom is 0.321 e. The third-order valence-electron chi connectivity index (χ3n) is 3.03. The van der Waals surface area contributed by atoms with Gasteiger partial charge in [0.2, 0.25) is 10.0 Å². The largest absolute Gasteiger partial charge is 0.465 e. The molecule has 0 amide bonds. The Morgan fingerprint density at radius 1 is 1.21 bits per heavy atom. The number of carbonyl (C=O) groups is 1. The molecule has 1 aromatic rings. The molecule has 0 saturated carbocycles. The van der Waals surface area contributed by atoms with E-state index in [0.29, 0.717) is 6.42 Å². The Morgan fingerprint density at radius 3 is 2.33 bits per heavy atom. The molecule has 0 spiro atoms. The quantitative estimate of drug-likeness (QED) is 0.570. The van der Waals surface area contributed by atoms with Crippen LogP contribution in [0.4, 0.5) is 0 Å². The highest BCUT2D eigenvalue weighted by molar-refractivity contribution is 9.10. The van der Waals surface area contributed by atoms with E-state index in [-0.39, 0.29) is 27.4 Å². The predicted molar refractivity (Wildman–Crippen MR) is 92.9 cm³/mol. The number of nitrogens with zero attached hydrogens (tertiary/aromatic N) is 1. The van der Waals surface area contributed by atoms with Crippen LogP contribution in [0.5, 0.6) is 0 Å². The summed E-state index contributed by atoms with van der Waals surface area (Å²) in [6.45, 7) is 3.22. The summed E-state index contributed by atoms with van der Waals surface area (Å²) in [5.41, 5.74) is 0. The molecule has 0 fully saturated rings. The summed E-state index contributed by atoms with van der Waals surface area (Å²) in [6.07, 6.45) is 1.48.